The summed E-state index contributed by atoms with van der Waals surface area (Å²) in [5, 5.41) is 6.78. The number of pyridine rings is 1. The van der Waals surface area contributed by atoms with Crippen LogP contribution < -0.4 is 11.1 Å². The molecule has 1 atom stereocenters. The summed E-state index contributed by atoms with van der Waals surface area (Å²) in [5.74, 6) is -0.275. The summed E-state index contributed by atoms with van der Waals surface area (Å²) in [6.45, 7) is 1.57. The summed E-state index contributed by atoms with van der Waals surface area (Å²) in [4.78, 5) is 20.7. The van der Waals surface area contributed by atoms with E-state index in [1.165, 1.54) is 10.9 Å². The van der Waals surface area contributed by atoms with Crippen LogP contribution in [0.25, 0.3) is 5.82 Å². The third kappa shape index (κ3) is 4.77. The Bertz CT molecular complexity index is 1050. The Morgan fingerprint density at radius 3 is 2.55 bits per heavy atom. The lowest BCUT2D eigenvalue weighted by atomic mass is 10.1. The molecule has 0 aliphatic heterocycles. The molecule has 2 aromatic heterocycles. The smallest absolute Gasteiger partial charge is 0.366 e. The van der Waals surface area contributed by atoms with E-state index in [0.29, 0.717) is 16.9 Å². The molecule has 0 radical (unpaired) electrons. The number of nitrogen functional groups attached to an aromatic ring is 1. The molecule has 0 saturated carbocycles. The number of carbonyl (C=O) groups excluding carboxylic acids is 1. The van der Waals surface area contributed by atoms with Crippen LogP contribution in [0.15, 0.2) is 36.5 Å². The van der Waals surface area contributed by atoms with Crippen LogP contribution in [0.5, 0.6) is 0 Å². The molecule has 7 nitrogen and oxygen atoms in total. The highest BCUT2D eigenvalue weighted by atomic mass is 35.5. The van der Waals surface area contributed by atoms with Crippen LogP contribution in [0, 0.1) is 0 Å². The average Bonchev–Trinajstić information content (AvgIpc) is 3.03. The quantitative estimate of drug-likeness (QED) is 0.631. The van der Waals surface area contributed by atoms with Gasteiger partial charge in [0.25, 0.3) is 5.91 Å². The Balaban J connectivity index is 1.88. The molecule has 152 valence electrons. The number of hydrogen-bond donors (Lipinski definition) is 2. The summed E-state index contributed by atoms with van der Waals surface area (Å²) < 4.78 is 40.2. The Kier molecular flexibility index (Phi) is 5.67. The summed E-state index contributed by atoms with van der Waals surface area (Å²) >= 11 is 11.6. The first-order valence-electron chi connectivity index (χ1n) is 8.07. The number of carbonyl (C=O) groups is 1. The van der Waals surface area contributed by atoms with Crippen molar-refractivity contribution in [3.05, 3.63) is 63.5 Å². The molecule has 0 fully saturated rings. The van der Waals surface area contributed by atoms with Gasteiger partial charge >= 0.3 is 6.18 Å². The maximum atomic E-state index is 13.0. The third-order valence-corrected chi connectivity index (χ3v) is 4.24. The molecule has 0 aliphatic rings. The number of benzene rings is 1. The van der Waals surface area contributed by atoms with Crippen molar-refractivity contribution in [2.75, 3.05) is 5.73 Å². The number of halogens is 5. The van der Waals surface area contributed by atoms with Crippen molar-refractivity contribution in [1.82, 2.24) is 25.1 Å². The second-order valence-corrected chi connectivity index (χ2v) is 6.87. The Labute approximate surface area is 172 Å². The summed E-state index contributed by atoms with van der Waals surface area (Å²) in [6.07, 6.45) is -3.24. The predicted octanol–water partition coefficient (Wildman–Crippen LogP) is 4.06. The van der Waals surface area contributed by atoms with Gasteiger partial charge in [0.05, 0.1) is 16.6 Å². The maximum Gasteiger partial charge on any atom is 0.416 e. The molecule has 0 spiro atoms. The molecule has 1 unspecified atom stereocenters. The maximum absolute atomic E-state index is 13.0. The van der Waals surface area contributed by atoms with E-state index in [1.807, 2.05) is 0 Å². The van der Waals surface area contributed by atoms with Gasteiger partial charge in [-0.3, -0.25) is 4.79 Å². The topological polar surface area (TPSA) is 98.7 Å². The SMILES string of the molecule is CC(NC(=O)c1cc(Cl)cc(C(F)(F)F)c1)c1nc(N)nn1-c1ccc(Cl)cn1. The van der Waals surface area contributed by atoms with Crippen LogP contribution in [0.4, 0.5) is 19.1 Å². The molecular formula is C17H13Cl2F3N6O. The molecule has 12 heteroatoms. The minimum atomic E-state index is -4.64. The van der Waals surface area contributed by atoms with E-state index in [9.17, 15) is 18.0 Å². The van der Waals surface area contributed by atoms with Gasteiger partial charge in [0, 0.05) is 16.8 Å². The molecule has 2 heterocycles. The lowest BCUT2D eigenvalue weighted by Crippen LogP contribution is -2.29. The van der Waals surface area contributed by atoms with Gasteiger partial charge in [0.1, 0.15) is 0 Å². The number of nitrogens with two attached hydrogens (primary N) is 1. The lowest BCUT2D eigenvalue weighted by Gasteiger charge is -2.15. The fourth-order valence-corrected chi connectivity index (χ4v) is 2.86. The molecule has 1 aromatic carbocycles. The van der Waals surface area contributed by atoms with E-state index < -0.39 is 23.7 Å². The number of anilines is 1. The summed E-state index contributed by atoms with van der Waals surface area (Å²) in [5.41, 5.74) is 4.38. The number of hydrogen-bond acceptors (Lipinski definition) is 5. The molecule has 3 N–H and O–H groups in total. The first kappa shape index (κ1) is 20.9. The van der Waals surface area contributed by atoms with Crippen LogP contribution in [-0.4, -0.2) is 25.7 Å². The molecule has 3 rings (SSSR count). The van der Waals surface area contributed by atoms with Crippen molar-refractivity contribution in [1.29, 1.82) is 0 Å². The largest absolute Gasteiger partial charge is 0.416 e. The van der Waals surface area contributed by atoms with Crippen LogP contribution in [0.1, 0.15) is 34.7 Å². The van der Waals surface area contributed by atoms with Crippen molar-refractivity contribution in [3.63, 3.8) is 0 Å². The van der Waals surface area contributed by atoms with Crippen molar-refractivity contribution in [3.8, 4) is 5.82 Å². The lowest BCUT2D eigenvalue weighted by molar-refractivity contribution is -0.137. The zero-order valence-corrected chi connectivity index (χ0v) is 16.2. The number of rotatable bonds is 4. The number of amides is 1. The van der Waals surface area contributed by atoms with E-state index in [0.717, 1.165) is 12.1 Å². The molecule has 1 amide bonds. The van der Waals surface area contributed by atoms with Gasteiger partial charge in [-0.2, -0.15) is 22.8 Å². The second kappa shape index (κ2) is 7.88. The highest BCUT2D eigenvalue weighted by Crippen LogP contribution is 2.32. The fraction of sp³-hybridized carbons (Fsp3) is 0.176. The molecule has 29 heavy (non-hydrogen) atoms. The Morgan fingerprint density at radius 1 is 1.21 bits per heavy atom. The van der Waals surface area contributed by atoms with Crippen molar-refractivity contribution in [2.24, 2.45) is 0 Å². The van der Waals surface area contributed by atoms with Gasteiger partial charge < -0.3 is 11.1 Å². The summed E-state index contributed by atoms with van der Waals surface area (Å²) in [7, 11) is 0. The van der Waals surface area contributed by atoms with Crippen LogP contribution in [-0.2, 0) is 6.18 Å². The molecule has 0 bridgehead atoms. The molecular weight excluding hydrogens is 432 g/mol. The fourth-order valence-electron chi connectivity index (χ4n) is 2.51. The second-order valence-electron chi connectivity index (χ2n) is 6.00. The highest BCUT2D eigenvalue weighted by Gasteiger charge is 2.32. The van der Waals surface area contributed by atoms with Crippen molar-refractivity contribution >= 4 is 35.1 Å². The third-order valence-electron chi connectivity index (χ3n) is 3.80. The van der Waals surface area contributed by atoms with E-state index in [-0.39, 0.29) is 22.4 Å². The van der Waals surface area contributed by atoms with E-state index in [4.69, 9.17) is 28.9 Å². The Morgan fingerprint density at radius 2 is 1.93 bits per heavy atom. The number of aromatic nitrogens is 4. The standard InChI is InChI=1S/C17H13Cl2F3N6O/c1-8(14-26-16(23)27-28(14)13-3-2-11(18)7-24-13)25-15(29)9-4-10(17(20,21)22)6-12(19)5-9/h2-8H,1H3,(H2,23,27)(H,25,29). The minimum Gasteiger partial charge on any atom is -0.366 e. The highest BCUT2D eigenvalue weighted by molar-refractivity contribution is 6.31. The molecule has 0 aliphatic carbocycles. The molecule has 0 saturated heterocycles. The van der Waals surface area contributed by atoms with Gasteiger partial charge in [-0.25, -0.2) is 4.98 Å². The number of alkyl halides is 3. The van der Waals surface area contributed by atoms with Crippen molar-refractivity contribution < 1.29 is 18.0 Å². The average molecular weight is 445 g/mol. The monoisotopic (exact) mass is 444 g/mol. The first-order valence-corrected chi connectivity index (χ1v) is 8.83. The van der Waals surface area contributed by atoms with Crippen LogP contribution >= 0.6 is 23.2 Å². The Hall–Kier alpha value is -2.85. The van der Waals surface area contributed by atoms with Gasteiger partial charge in [-0.15, -0.1) is 5.10 Å². The summed E-state index contributed by atoms with van der Waals surface area (Å²) in [6, 6.07) is 4.98. The zero-order chi connectivity index (χ0) is 21.3. The van der Waals surface area contributed by atoms with E-state index >= 15 is 0 Å². The number of nitrogens with one attached hydrogen (secondary N) is 1. The van der Waals surface area contributed by atoms with Crippen LogP contribution in [0.2, 0.25) is 10.0 Å². The normalized spacial score (nSPS) is 12.6. The van der Waals surface area contributed by atoms with Gasteiger partial charge in [0.2, 0.25) is 5.95 Å². The predicted molar refractivity (Wildman–Crippen MR) is 101 cm³/mol. The van der Waals surface area contributed by atoms with Crippen molar-refractivity contribution in [2.45, 2.75) is 19.1 Å². The zero-order valence-electron chi connectivity index (χ0n) is 14.7. The van der Waals surface area contributed by atoms with Gasteiger partial charge in [0.15, 0.2) is 11.6 Å². The van der Waals surface area contributed by atoms with E-state index in [2.05, 4.69) is 20.4 Å². The van der Waals surface area contributed by atoms with Gasteiger partial charge in [-0.05, 0) is 37.3 Å². The first-order chi connectivity index (χ1) is 13.5. The molecule has 3 aromatic rings. The minimum absolute atomic E-state index is 0.0695. The van der Waals surface area contributed by atoms with E-state index in [1.54, 1.807) is 19.1 Å². The van der Waals surface area contributed by atoms with Crippen LogP contribution in [0.3, 0.4) is 0 Å². The van der Waals surface area contributed by atoms with Gasteiger partial charge in [-0.1, -0.05) is 23.2 Å². The number of nitrogens with zero attached hydrogens (tertiary/aromatic N) is 4.